The van der Waals surface area contributed by atoms with Gasteiger partial charge in [0.15, 0.2) is 0 Å². The second-order valence-corrected chi connectivity index (χ2v) is 4.77. The highest BCUT2D eigenvalue weighted by atomic mass is 15.0. The minimum absolute atomic E-state index is 0.835. The van der Waals surface area contributed by atoms with Gasteiger partial charge in [-0.3, -0.25) is 0 Å². The van der Waals surface area contributed by atoms with E-state index in [1.54, 1.807) is 0 Å². The first kappa shape index (κ1) is 16.7. The molecule has 0 aromatic heterocycles. The predicted molar refractivity (Wildman–Crippen MR) is 82.7 cm³/mol. The van der Waals surface area contributed by atoms with Gasteiger partial charge in [-0.25, -0.2) is 4.99 Å². The summed E-state index contributed by atoms with van der Waals surface area (Å²) < 4.78 is 0. The standard InChI is InChI=1S/C16H28N2/c1-8-10-12(3)14(5)15(6)16(17-7)18-13(4)11-9-2/h18H,4,7-11H2,1-3,5-6H3/b14-12+,16-15+. The van der Waals surface area contributed by atoms with Gasteiger partial charge in [0.05, 0.1) is 0 Å². The van der Waals surface area contributed by atoms with E-state index in [4.69, 9.17) is 0 Å². The zero-order chi connectivity index (χ0) is 14.1. The Kier molecular flexibility index (Phi) is 8.10. The summed E-state index contributed by atoms with van der Waals surface area (Å²) in [5.74, 6) is 0.835. The van der Waals surface area contributed by atoms with Crippen molar-refractivity contribution in [2.24, 2.45) is 4.99 Å². The van der Waals surface area contributed by atoms with E-state index in [9.17, 15) is 0 Å². The third kappa shape index (κ3) is 5.35. The number of nitrogens with zero attached hydrogens (tertiary/aromatic N) is 1. The fraction of sp³-hybridized carbons (Fsp3) is 0.562. The van der Waals surface area contributed by atoms with Crippen molar-refractivity contribution in [2.45, 2.75) is 60.3 Å². The van der Waals surface area contributed by atoms with E-state index in [0.29, 0.717) is 0 Å². The number of aliphatic imine (C=N–C) groups is 1. The van der Waals surface area contributed by atoms with E-state index in [1.807, 2.05) is 0 Å². The predicted octanol–water partition coefficient (Wildman–Crippen LogP) is 4.96. The second kappa shape index (κ2) is 8.73. The molecule has 0 bridgehead atoms. The van der Waals surface area contributed by atoms with E-state index in [1.165, 1.54) is 17.6 Å². The van der Waals surface area contributed by atoms with Crippen LogP contribution in [-0.2, 0) is 0 Å². The summed E-state index contributed by atoms with van der Waals surface area (Å²) in [7, 11) is 0. The molecule has 0 radical (unpaired) electrons. The number of rotatable bonds is 8. The van der Waals surface area contributed by atoms with Gasteiger partial charge in [-0.1, -0.05) is 38.8 Å². The summed E-state index contributed by atoms with van der Waals surface area (Å²) in [5.41, 5.74) is 4.88. The van der Waals surface area contributed by atoms with Gasteiger partial charge in [0, 0.05) is 5.70 Å². The van der Waals surface area contributed by atoms with Crippen LogP contribution in [0.3, 0.4) is 0 Å². The van der Waals surface area contributed by atoms with Crippen LogP contribution in [0, 0.1) is 0 Å². The number of hydrogen-bond donors (Lipinski definition) is 1. The molecular weight excluding hydrogens is 220 g/mol. The lowest BCUT2D eigenvalue weighted by Gasteiger charge is -2.14. The molecule has 0 spiro atoms. The Labute approximate surface area is 113 Å². The maximum absolute atomic E-state index is 4.10. The van der Waals surface area contributed by atoms with Gasteiger partial charge in [0.1, 0.15) is 5.82 Å². The van der Waals surface area contributed by atoms with Crippen LogP contribution >= 0.6 is 0 Å². The van der Waals surface area contributed by atoms with Crippen LogP contribution < -0.4 is 5.32 Å². The molecule has 0 aliphatic rings. The van der Waals surface area contributed by atoms with Crippen molar-refractivity contribution in [3.05, 3.63) is 34.8 Å². The molecule has 2 heteroatoms. The summed E-state index contributed by atoms with van der Waals surface area (Å²) in [6.07, 6.45) is 4.34. The van der Waals surface area contributed by atoms with Crippen LogP contribution in [0.25, 0.3) is 0 Å². The van der Waals surface area contributed by atoms with Crippen molar-refractivity contribution in [1.82, 2.24) is 5.32 Å². The molecule has 0 fully saturated rings. The Morgan fingerprint density at radius 1 is 1.00 bits per heavy atom. The van der Waals surface area contributed by atoms with E-state index in [2.05, 4.69) is 58.2 Å². The Balaban J connectivity index is 5.08. The van der Waals surface area contributed by atoms with Crippen molar-refractivity contribution in [3.63, 3.8) is 0 Å². The topological polar surface area (TPSA) is 24.4 Å². The molecule has 18 heavy (non-hydrogen) atoms. The molecule has 0 aromatic rings. The normalized spacial score (nSPS) is 13.6. The van der Waals surface area contributed by atoms with Crippen LogP contribution in [0.5, 0.6) is 0 Å². The van der Waals surface area contributed by atoms with Gasteiger partial charge >= 0.3 is 0 Å². The summed E-state index contributed by atoms with van der Waals surface area (Å²) in [6, 6.07) is 0. The molecule has 102 valence electrons. The first-order chi connectivity index (χ1) is 8.47. The maximum Gasteiger partial charge on any atom is 0.132 e. The monoisotopic (exact) mass is 248 g/mol. The summed E-state index contributed by atoms with van der Waals surface area (Å²) in [5, 5.41) is 3.27. The number of hydrogen-bond acceptors (Lipinski definition) is 2. The molecule has 0 rings (SSSR count). The van der Waals surface area contributed by atoms with Crippen molar-refractivity contribution < 1.29 is 0 Å². The average Bonchev–Trinajstić information content (AvgIpc) is 2.34. The molecule has 0 aromatic carbocycles. The zero-order valence-electron chi connectivity index (χ0n) is 12.7. The lowest BCUT2D eigenvalue weighted by Crippen LogP contribution is -2.12. The van der Waals surface area contributed by atoms with Gasteiger partial charge < -0.3 is 5.32 Å². The van der Waals surface area contributed by atoms with Crippen molar-refractivity contribution in [3.8, 4) is 0 Å². The minimum atomic E-state index is 0.835. The summed E-state index contributed by atoms with van der Waals surface area (Å²) in [6.45, 7) is 18.4. The average molecular weight is 248 g/mol. The Morgan fingerprint density at radius 2 is 1.56 bits per heavy atom. The van der Waals surface area contributed by atoms with Gasteiger partial charge in [-0.2, -0.15) is 0 Å². The Hall–Kier alpha value is -1.31. The fourth-order valence-electron chi connectivity index (χ4n) is 1.84. The first-order valence-corrected chi connectivity index (χ1v) is 6.76. The van der Waals surface area contributed by atoms with E-state index >= 15 is 0 Å². The maximum atomic E-state index is 4.10. The van der Waals surface area contributed by atoms with Crippen LogP contribution in [0.1, 0.15) is 60.3 Å². The molecule has 0 saturated heterocycles. The molecule has 0 amide bonds. The van der Waals surface area contributed by atoms with E-state index < -0.39 is 0 Å². The molecule has 0 heterocycles. The molecule has 2 nitrogen and oxygen atoms in total. The third-order valence-electron chi connectivity index (χ3n) is 3.19. The SMILES string of the molecule is C=N/C(NC(=C)CCC)=C(C)\C(C)=C(/C)CCC. The van der Waals surface area contributed by atoms with Crippen LogP contribution in [0.15, 0.2) is 39.8 Å². The molecule has 0 aliphatic heterocycles. The molecule has 0 atom stereocenters. The second-order valence-electron chi connectivity index (χ2n) is 4.77. The quantitative estimate of drug-likeness (QED) is 0.476. The van der Waals surface area contributed by atoms with E-state index in [-0.39, 0.29) is 0 Å². The fourth-order valence-corrected chi connectivity index (χ4v) is 1.84. The van der Waals surface area contributed by atoms with Crippen molar-refractivity contribution >= 4 is 6.72 Å². The summed E-state index contributed by atoms with van der Waals surface area (Å²) >= 11 is 0. The molecular formula is C16H28N2. The molecule has 0 unspecified atom stereocenters. The summed E-state index contributed by atoms with van der Waals surface area (Å²) in [4.78, 5) is 4.10. The minimum Gasteiger partial charge on any atom is -0.344 e. The van der Waals surface area contributed by atoms with Crippen LogP contribution in [0.4, 0.5) is 0 Å². The van der Waals surface area contributed by atoms with Gasteiger partial charge in [-0.05, 0) is 51.5 Å². The largest absolute Gasteiger partial charge is 0.344 e. The highest BCUT2D eigenvalue weighted by molar-refractivity contribution is 5.39. The number of allylic oxidation sites excluding steroid dienone is 4. The Morgan fingerprint density at radius 3 is 2.00 bits per heavy atom. The Bertz CT molecular complexity index is 359. The zero-order valence-corrected chi connectivity index (χ0v) is 12.7. The molecule has 0 saturated carbocycles. The van der Waals surface area contributed by atoms with Gasteiger partial charge in [0.2, 0.25) is 0 Å². The van der Waals surface area contributed by atoms with Crippen molar-refractivity contribution in [1.29, 1.82) is 0 Å². The lowest BCUT2D eigenvalue weighted by atomic mass is 10.0. The van der Waals surface area contributed by atoms with Gasteiger partial charge in [-0.15, -0.1) is 0 Å². The highest BCUT2D eigenvalue weighted by Crippen LogP contribution is 2.20. The number of nitrogens with one attached hydrogen (secondary N) is 1. The van der Waals surface area contributed by atoms with E-state index in [0.717, 1.165) is 36.4 Å². The molecule has 0 aliphatic carbocycles. The smallest absolute Gasteiger partial charge is 0.132 e. The third-order valence-corrected chi connectivity index (χ3v) is 3.19. The molecule has 1 N–H and O–H groups in total. The van der Waals surface area contributed by atoms with Crippen molar-refractivity contribution in [2.75, 3.05) is 0 Å². The highest BCUT2D eigenvalue weighted by Gasteiger charge is 2.06. The van der Waals surface area contributed by atoms with Crippen LogP contribution in [0.2, 0.25) is 0 Å². The van der Waals surface area contributed by atoms with Gasteiger partial charge in [0.25, 0.3) is 0 Å². The van der Waals surface area contributed by atoms with Crippen LogP contribution in [-0.4, -0.2) is 6.72 Å². The lowest BCUT2D eigenvalue weighted by molar-refractivity contribution is 0.804. The first-order valence-electron chi connectivity index (χ1n) is 6.76.